The van der Waals surface area contributed by atoms with E-state index in [1.807, 2.05) is 20.8 Å². The number of carbonyl (C=O) groups excluding carboxylic acids is 1. The molecule has 0 bridgehead atoms. The molecule has 0 saturated heterocycles. The Morgan fingerprint density at radius 1 is 1.53 bits per heavy atom. The van der Waals surface area contributed by atoms with Crippen molar-refractivity contribution in [3.63, 3.8) is 0 Å². The second-order valence-corrected chi connectivity index (χ2v) is 5.04. The number of esters is 1. The van der Waals surface area contributed by atoms with E-state index in [-0.39, 0.29) is 11.4 Å². The third-order valence-corrected chi connectivity index (χ3v) is 1.95. The van der Waals surface area contributed by atoms with Gasteiger partial charge in [-0.2, -0.15) is 0 Å². The Morgan fingerprint density at radius 2 is 2.07 bits per heavy atom. The zero-order valence-corrected chi connectivity index (χ0v) is 10.1. The SMILES string of the molecule is C=CC[C@H](C(=O)OCC(C)(C)C)[C@H](C)O. The molecule has 0 amide bonds. The summed E-state index contributed by atoms with van der Waals surface area (Å²) in [5.41, 5.74) is -0.0485. The minimum absolute atomic E-state index is 0.0485. The standard InChI is InChI=1S/C12H22O3/c1-6-7-10(9(2)13)11(14)15-8-12(3,4)5/h6,9-10,13H,1,7-8H2,2-5H3/t9-,10-/m0/s1. The molecular weight excluding hydrogens is 192 g/mol. The van der Waals surface area contributed by atoms with Gasteiger partial charge >= 0.3 is 5.97 Å². The van der Waals surface area contributed by atoms with Gasteiger partial charge in [0.15, 0.2) is 0 Å². The summed E-state index contributed by atoms with van der Waals surface area (Å²) in [6.45, 7) is 11.5. The van der Waals surface area contributed by atoms with Gasteiger partial charge in [0.05, 0.1) is 18.6 Å². The lowest BCUT2D eigenvalue weighted by atomic mass is 9.97. The number of hydrogen-bond donors (Lipinski definition) is 1. The largest absolute Gasteiger partial charge is 0.465 e. The molecule has 88 valence electrons. The summed E-state index contributed by atoms with van der Waals surface area (Å²) in [6, 6.07) is 0. The molecule has 0 aliphatic heterocycles. The van der Waals surface area contributed by atoms with Crippen molar-refractivity contribution in [2.24, 2.45) is 11.3 Å². The van der Waals surface area contributed by atoms with Gasteiger partial charge in [0.1, 0.15) is 0 Å². The van der Waals surface area contributed by atoms with E-state index in [9.17, 15) is 9.90 Å². The molecule has 15 heavy (non-hydrogen) atoms. The zero-order chi connectivity index (χ0) is 12.1. The zero-order valence-electron chi connectivity index (χ0n) is 10.1. The Morgan fingerprint density at radius 3 is 2.40 bits per heavy atom. The van der Waals surface area contributed by atoms with E-state index in [2.05, 4.69) is 6.58 Å². The van der Waals surface area contributed by atoms with Crippen LogP contribution in [0.4, 0.5) is 0 Å². The summed E-state index contributed by atoms with van der Waals surface area (Å²) in [4.78, 5) is 11.6. The Labute approximate surface area is 92.1 Å². The minimum Gasteiger partial charge on any atom is -0.465 e. The number of aliphatic hydroxyl groups excluding tert-OH is 1. The summed E-state index contributed by atoms with van der Waals surface area (Å²) in [7, 11) is 0. The van der Waals surface area contributed by atoms with Gasteiger partial charge in [-0.15, -0.1) is 6.58 Å². The number of ether oxygens (including phenoxy) is 1. The van der Waals surface area contributed by atoms with E-state index >= 15 is 0 Å². The average molecular weight is 214 g/mol. The van der Waals surface area contributed by atoms with Crippen LogP contribution in [0.25, 0.3) is 0 Å². The highest BCUT2D eigenvalue weighted by molar-refractivity contribution is 5.73. The quantitative estimate of drug-likeness (QED) is 0.563. The van der Waals surface area contributed by atoms with Crippen LogP contribution in [0.5, 0.6) is 0 Å². The lowest BCUT2D eigenvalue weighted by molar-refractivity contribution is -0.154. The predicted octanol–water partition coefficient (Wildman–Crippen LogP) is 2.15. The average Bonchev–Trinajstić information content (AvgIpc) is 2.08. The number of allylic oxidation sites excluding steroid dienone is 1. The smallest absolute Gasteiger partial charge is 0.311 e. The van der Waals surface area contributed by atoms with E-state index in [1.165, 1.54) is 0 Å². The fraction of sp³-hybridized carbons (Fsp3) is 0.750. The van der Waals surface area contributed by atoms with Gasteiger partial charge in [-0.05, 0) is 18.8 Å². The molecule has 0 aliphatic rings. The van der Waals surface area contributed by atoms with Crippen molar-refractivity contribution >= 4 is 5.97 Å². The van der Waals surface area contributed by atoms with Gasteiger partial charge in [-0.25, -0.2) is 0 Å². The van der Waals surface area contributed by atoms with E-state index in [1.54, 1.807) is 13.0 Å². The summed E-state index contributed by atoms with van der Waals surface area (Å²) in [5.74, 6) is -0.843. The van der Waals surface area contributed by atoms with Crippen molar-refractivity contribution in [2.75, 3.05) is 6.61 Å². The Kier molecular flexibility index (Phi) is 5.58. The molecule has 0 radical (unpaired) electrons. The number of hydrogen-bond acceptors (Lipinski definition) is 3. The maximum absolute atomic E-state index is 11.6. The van der Waals surface area contributed by atoms with E-state index in [0.29, 0.717) is 13.0 Å². The fourth-order valence-corrected chi connectivity index (χ4v) is 1.06. The van der Waals surface area contributed by atoms with Crippen LogP contribution in [-0.2, 0) is 9.53 Å². The van der Waals surface area contributed by atoms with Crippen LogP contribution < -0.4 is 0 Å². The maximum atomic E-state index is 11.6. The number of rotatable bonds is 5. The fourth-order valence-electron chi connectivity index (χ4n) is 1.06. The molecule has 0 aromatic carbocycles. The first kappa shape index (κ1) is 14.2. The molecule has 3 heteroatoms. The topological polar surface area (TPSA) is 46.5 Å². The van der Waals surface area contributed by atoms with Crippen LogP contribution in [0.2, 0.25) is 0 Å². The summed E-state index contributed by atoms with van der Waals surface area (Å²) in [6.07, 6.45) is 1.37. The molecule has 0 spiro atoms. The highest BCUT2D eigenvalue weighted by atomic mass is 16.5. The Bertz CT molecular complexity index is 213. The molecule has 2 atom stereocenters. The lowest BCUT2D eigenvalue weighted by Crippen LogP contribution is -2.30. The monoisotopic (exact) mass is 214 g/mol. The number of carbonyl (C=O) groups is 1. The third kappa shape index (κ3) is 6.28. The summed E-state index contributed by atoms with van der Waals surface area (Å²) >= 11 is 0. The molecule has 0 fully saturated rings. The maximum Gasteiger partial charge on any atom is 0.311 e. The van der Waals surface area contributed by atoms with Gasteiger partial charge in [0.2, 0.25) is 0 Å². The van der Waals surface area contributed by atoms with E-state index in [4.69, 9.17) is 4.74 Å². The molecule has 0 aromatic rings. The first-order valence-electron chi connectivity index (χ1n) is 5.23. The second kappa shape index (κ2) is 5.91. The van der Waals surface area contributed by atoms with Crippen LogP contribution in [0, 0.1) is 11.3 Å². The molecule has 0 unspecified atom stereocenters. The minimum atomic E-state index is -0.699. The van der Waals surface area contributed by atoms with E-state index < -0.39 is 12.0 Å². The molecule has 0 aliphatic carbocycles. The summed E-state index contributed by atoms with van der Waals surface area (Å²) in [5, 5.41) is 9.39. The van der Waals surface area contributed by atoms with E-state index in [0.717, 1.165) is 0 Å². The Balaban J connectivity index is 4.21. The van der Waals surface area contributed by atoms with Crippen molar-refractivity contribution in [2.45, 2.75) is 40.2 Å². The molecule has 0 heterocycles. The van der Waals surface area contributed by atoms with Gasteiger partial charge < -0.3 is 9.84 Å². The Hall–Kier alpha value is -0.830. The predicted molar refractivity (Wildman–Crippen MR) is 60.4 cm³/mol. The molecule has 1 N–H and O–H groups in total. The van der Waals surface area contributed by atoms with Crippen molar-refractivity contribution in [1.29, 1.82) is 0 Å². The normalized spacial score (nSPS) is 15.5. The lowest BCUT2D eigenvalue weighted by Gasteiger charge is -2.22. The molecule has 0 aromatic heterocycles. The molecule has 3 nitrogen and oxygen atoms in total. The van der Waals surface area contributed by atoms with Crippen LogP contribution in [0.1, 0.15) is 34.1 Å². The van der Waals surface area contributed by atoms with Gasteiger partial charge in [0.25, 0.3) is 0 Å². The third-order valence-electron chi connectivity index (χ3n) is 1.95. The van der Waals surface area contributed by atoms with Crippen LogP contribution in [-0.4, -0.2) is 23.8 Å². The van der Waals surface area contributed by atoms with Crippen molar-refractivity contribution in [3.8, 4) is 0 Å². The first-order chi connectivity index (χ1) is 6.78. The molecule has 0 rings (SSSR count). The highest BCUT2D eigenvalue weighted by Crippen LogP contribution is 2.17. The van der Waals surface area contributed by atoms with Gasteiger partial charge in [-0.1, -0.05) is 26.8 Å². The van der Waals surface area contributed by atoms with Gasteiger partial charge in [-0.3, -0.25) is 4.79 Å². The highest BCUT2D eigenvalue weighted by Gasteiger charge is 2.25. The van der Waals surface area contributed by atoms with Gasteiger partial charge in [0, 0.05) is 0 Å². The van der Waals surface area contributed by atoms with Crippen LogP contribution in [0.15, 0.2) is 12.7 Å². The van der Waals surface area contributed by atoms with Crippen molar-refractivity contribution < 1.29 is 14.6 Å². The molecular formula is C12H22O3. The second-order valence-electron chi connectivity index (χ2n) is 5.04. The number of aliphatic hydroxyl groups is 1. The van der Waals surface area contributed by atoms with Crippen LogP contribution >= 0.6 is 0 Å². The van der Waals surface area contributed by atoms with Crippen LogP contribution in [0.3, 0.4) is 0 Å². The van der Waals surface area contributed by atoms with Crippen molar-refractivity contribution in [1.82, 2.24) is 0 Å². The molecule has 0 saturated carbocycles. The first-order valence-corrected chi connectivity index (χ1v) is 5.23. The summed E-state index contributed by atoms with van der Waals surface area (Å²) < 4.78 is 5.14. The van der Waals surface area contributed by atoms with Crippen molar-refractivity contribution in [3.05, 3.63) is 12.7 Å².